The number of nitrogens with two attached hydrogens (primary N) is 1. The number of aromatic nitrogens is 1. The van der Waals surface area contributed by atoms with Crippen molar-refractivity contribution in [2.24, 2.45) is 5.73 Å². The lowest BCUT2D eigenvalue weighted by Crippen LogP contribution is -2.19. The van der Waals surface area contributed by atoms with Crippen molar-refractivity contribution >= 4 is 10.9 Å². The van der Waals surface area contributed by atoms with Gasteiger partial charge in [-0.2, -0.15) is 0 Å². The minimum absolute atomic E-state index is 0.0630. The number of aryl methyl sites for hydroxylation is 2. The van der Waals surface area contributed by atoms with E-state index in [0.29, 0.717) is 13.1 Å². The summed E-state index contributed by atoms with van der Waals surface area (Å²) in [4.78, 5) is 11.8. The first-order valence-electron chi connectivity index (χ1n) is 5.50. The zero-order chi connectivity index (χ0) is 11.7. The number of hydrogen-bond acceptors (Lipinski definition) is 2. The molecule has 0 radical (unpaired) electrons. The van der Waals surface area contributed by atoms with Crippen LogP contribution in [-0.2, 0) is 13.1 Å². The van der Waals surface area contributed by atoms with Gasteiger partial charge in [0.15, 0.2) is 0 Å². The maximum absolute atomic E-state index is 11.8. The van der Waals surface area contributed by atoms with E-state index in [-0.39, 0.29) is 5.56 Å². The van der Waals surface area contributed by atoms with Gasteiger partial charge in [-0.25, -0.2) is 0 Å². The van der Waals surface area contributed by atoms with Crippen LogP contribution in [0.2, 0.25) is 0 Å². The van der Waals surface area contributed by atoms with Crippen LogP contribution in [0.25, 0.3) is 10.9 Å². The molecule has 0 atom stereocenters. The van der Waals surface area contributed by atoms with Gasteiger partial charge in [0.1, 0.15) is 0 Å². The van der Waals surface area contributed by atoms with Gasteiger partial charge in [-0.1, -0.05) is 6.07 Å². The predicted octanol–water partition coefficient (Wildman–Crippen LogP) is 1.79. The van der Waals surface area contributed by atoms with Crippen molar-refractivity contribution in [3.05, 3.63) is 45.7 Å². The van der Waals surface area contributed by atoms with Crippen LogP contribution in [0, 0.1) is 6.92 Å². The molecule has 1 aromatic heterocycles. The molecule has 1 aromatic carbocycles. The molecule has 0 fully saturated rings. The van der Waals surface area contributed by atoms with E-state index < -0.39 is 0 Å². The summed E-state index contributed by atoms with van der Waals surface area (Å²) in [6, 6.07) is 7.71. The fraction of sp³-hybridized carbons (Fsp3) is 0.308. The molecular weight excluding hydrogens is 200 g/mol. The van der Waals surface area contributed by atoms with Gasteiger partial charge in [0.25, 0.3) is 5.56 Å². The summed E-state index contributed by atoms with van der Waals surface area (Å²) < 4.78 is 1.78. The Morgan fingerprint density at radius 2 is 2.06 bits per heavy atom. The van der Waals surface area contributed by atoms with E-state index in [1.54, 1.807) is 10.6 Å². The summed E-state index contributed by atoms with van der Waals surface area (Å²) in [7, 11) is 0. The lowest BCUT2D eigenvalue weighted by atomic mass is 10.1. The molecule has 0 spiro atoms. The first-order valence-corrected chi connectivity index (χ1v) is 5.50. The summed E-state index contributed by atoms with van der Waals surface area (Å²) in [5.74, 6) is 0. The average Bonchev–Trinajstić information content (AvgIpc) is 2.29. The quantitative estimate of drug-likeness (QED) is 0.832. The Kier molecular flexibility index (Phi) is 2.79. The second kappa shape index (κ2) is 4.10. The van der Waals surface area contributed by atoms with E-state index in [1.807, 2.05) is 26.0 Å². The Morgan fingerprint density at radius 1 is 1.31 bits per heavy atom. The monoisotopic (exact) mass is 216 g/mol. The zero-order valence-corrected chi connectivity index (χ0v) is 9.66. The maximum atomic E-state index is 11.8. The second-order valence-corrected chi connectivity index (χ2v) is 3.97. The van der Waals surface area contributed by atoms with Crippen LogP contribution < -0.4 is 11.3 Å². The molecule has 0 saturated carbocycles. The van der Waals surface area contributed by atoms with Gasteiger partial charge < -0.3 is 10.3 Å². The molecule has 0 bridgehead atoms. The summed E-state index contributed by atoms with van der Waals surface area (Å²) in [5, 5.41) is 1.12. The number of benzene rings is 1. The van der Waals surface area contributed by atoms with Crippen molar-refractivity contribution in [1.82, 2.24) is 4.57 Å². The van der Waals surface area contributed by atoms with Crippen molar-refractivity contribution in [3.8, 4) is 0 Å². The summed E-state index contributed by atoms with van der Waals surface area (Å²) in [6.45, 7) is 5.16. The third kappa shape index (κ3) is 1.63. The van der Waals surface area contributed by atoms with Crippen LogP contribution in [0.1, 0.15) is 18.1 Å². The first kappa shape index (κ1) is 10.9. The molecule has 0 amide bonds. The Bertz CT molecular complexity index is 584. The SMILES string of the molecule is CCn1c(=O)cc(C)c2cc(CN)ccc21. The molecule has 2 aromatic rings. The van der Waals surface area contributed by atoms with Crippen LogP contribution in [-0.4, -0.2) is 4.57 Å². The maximum Gasteiger partial charge on any atom is 0.251 e. The molecule has 16 heavy (non-hydrogen) atoms. The highest BCUT2D eigenvalue weighted by atomic mass is 16.1. The Morgan fingerprint density at radius 3 is 2.69 bits per heavy atom. The minimum Gasteiger partial charge on any atom is -0.326 e. The van der Waals surface area contributed by atoms with E-state index >= 15 is 0 Å². The summed E-state index contributed by atoms with van der Waals surface area (Å²) >= 11 is 0. The molecule has 84 valence electrons. The highest BCUT2D eigenvalue weighted by Crippen LogP contribution is 2.18. The molecule has 0 aliphatic heterocycles. The van der Waals surface area contributed by atoms with E-state index in [0.717, 1.165) is 22.0 Å². The van der Waals surface area contributed by atoms with Gasteiger partial charge in [-0.05, 0) is 37.1 Å². The predicted molar refractivity (Wildman–Crippen MR) is 66.5 cm³/mol. The van der Waals surface area contributed by atoms with Crippen molar-refractivity contribution in [3.63, 3.8) is 0 Å². The number of hydrogen-bond donors (Lipinski definition) is 1. The van der Waals surface area contributed by atoms with Gasteiger partial charge in [0, 0.05) is 24.5 Å². The van der Waals surface area contributed by atoms with E-state index in [9.17, 15) is 4.79 Å². The molecule has 0 aliphatic rings. The van der Waals surface area contributed by atoms with Gasteiger partial charge in [0.2, 0.25) is 0 Å². The third-order valence-electron chi connectivity index (χ3n) is 2.93. The Labute approximate surface area is 94.5 Å². The zero-order valence-electron chi connectivity index (χ0n) is 9.66. The van der Waals surface area contributed by atoms with Crippen LogP contribution in [0.3, 0.4) is 0 Å². The molecule has 2 rings (SSSR count). The van der Waals surface area contributed by atoms with Crippen LogP contribution >= 0.6 is 0 Å². The van der Waals surface area contributed by atoms with Crippen molar-refractivity contribution in [2.45, 2.75) is 26.9 Å². The third-order valence-corrected chi connectivity index (χ3v) is 2.93. The Balaban J connectivity index is 2.87. The minimum atomic E-state index is 0.0630. The number of rotatable bonds is 2. The van der Waals surface area contributed by atoms with Gasteiger partial charge in [-0.15, -0.1) is 0 Å². The molecule has 1 heterocycles. The highest BCUT2D eigenvalue weighted by molar-refractivity contribution is 5.83. The standard InChI is InChI=1S/C13H16N2O/c1-3-15-12-5-4-10(8-14)7-11(12)9(2)6-13(15)16/h4-7H,3,8,14H2,1-2H3. The van der Waals surface area contributed by atoms with E-state index in [4.69, 9.17) is 5.73 Å². The fourth-order valence-corrected chi connectivity index (χ4v) is 2.05. The van der Waals surface area contributed by atoms with Gasteiger partial charge in [0.05, 0.1) is 5.52 Å². The molecule has 2 N–H and O–H groups in total. The molecule has 0 saturated heterocycles. The van der Waals surface area contributed by atoms with Crippen LogP contribution in [0.15, 0.2) is 29.1 Å². The molecule has 3 heteroatoms. The van der Waals surface area contributed by atoms with Crippen molar-refractivity contribution in [2.75, 3.05) is 0 Å². The number of fused-ring (bicyclic) bond motifs is 1. The molecule has 3 nitrogen and oxygen atoms in total. The van der Waals surface area contributed by atoms with Crippen molar-refractivity contribution < 1.29 is 0 Å². The normalized spacial score (nSPS) is 10.9. The van der Waals surface area contributed by atoms with Gasteiger partial charge >= 0.3 is 0 Å². The van der Waals surface area contributed by atoms with E-state index in [1.165, 1.54) is 0 Å². The molecular formula is C13H16N2O. The molecule has 0 aliphatic carbocycles. The fourth-order valence-electron chi connectivity index (χ4n) is 2.05. The Hall–Kier alpha value is -1.61. The summed E-state index contributed by atoms with van der Waals surface area (Å²) in [6.07, 6.45) is 0. The van der Waals surface area contributed by atoms with Crippen molar-refractivity contribution in [1.29, 1.82) is 0 Å². The highest BCUT2D eigenvalue weighted by Gasteiger charge is 2.05. The lowest BCUT2D eigenvalue weighted by Gasteiger charge is -2.10. The summed E-state index contributed by atoms with van der Waals surface area (Å²) in [5.41, 5.74) is 8.78. The van der Waals surface area contributed by atoms with Crippen LogP contribution in [0.4, 0.5) is 0 Å². The topological polar surface area (TPSA) is 48.0 Å². The lowest BCUT2D eigenvalue weighted by molar-refractivity contribution is 0.758. The number of nitrogens with zero attached hydrogens (tertiary/aromatic N) is 1. The number of pyridine rings is 1. The smallest absolute Gasteiger partial charge is 0.251 e. The largest absolute Gasteiger partial charge is 0.326 e. The average molecular weight is 216 g/mol. The second-order valence-electron chi connectivity index (χ2n) is 3.97. The molecule has 0 unspecified atom stereocenters. The van der Waals surface area contributed by atoms with Crippen LogP contribution in [0.5, 0.6) is 0 Å². The first-order chi connectivity index (χ1) is 7.67. The van der Waals surface area contributed by atoms with E-state index in [2.05, 4.69) is 6.07 Å². The van der Waals surface area contributed by atoms with Gasteiger partial charge in [-0.3, -0.25) is 4.79 Å².